The number of para-hydroxylation sites is 3. The largest absolute Gasteiger partial charge is 0.290 e. The van der Waals surface area contributed by atoms with Crippen molar-refractivity contribution in [1.29, 1.82) is 0 Å². The monoisotopic (exact) mass is 703 g/mol. The molecule has 12 rings (SSSR count). The van der Waals surface area contributed by atoms with E-state index in [1.54, 1.807) is 0 Å². The molecule has 12 aromatic rings. The Kier molecular flexibility index (Phi) is 6.21. The molecule has 0 unspecified atom stereocenters. The van der Waals surface area contributed by atoms with E-state index in [1.807, 2.05) is 17.4 Å². The maximum absolute atomic E-state index is 5.55. The van der Waals surface area contributed by atoms with Gasteiger partial charge < -0.3 is 0 Å². The Hall–Kier alpha value is -6.88. The normalized spacial score (nSPS) is 12.1. The van der Waals surface area contributed by atoms with Crippen molar-refractivity contribution in [2.45, 2.75) is 0 Å². The van der Waals surface area contributed by atoms with Crippen LogP contribution >= 0.6 is 11.3 Å². The van der Waals surface area contributed by atoms with Crippen LogP contribution in [0.15, 0.2) is 176 Å². The third-order valence-corrected chi connectivity index (χ3v) is 12.3. The van der Waals surface area contributed by atoms with E-state index in [-0.39, 0.29) is 0 Å². The molecule has 250 valence electrons. The molecule has 3 nitrogen and oxygen atoms in total. The molecule has 54 heavy (non-hydrogen) atoms. The van der Waals surface area contributed by atoms with Crippen LogP contribution < -0.4 is 0 Å². The summed E-state index contributed by atoms with van der Waals surface area (Å²) in [4.78, 5) is 11.0. The highest BCUT2D eigenvalue weighted by atomic mass is 32.1. The standard InChI is InChI=1S/C50H29N3S/c1-2-15-30(16-3-1)31-17-14-18-32(29-31)47-50(52-40-26-11-10-25-39(40)51-47)53-41-27-12-8-23-37(41)45-43-35-21-6-4-19-33(35)34-20-5-7-22-36(34)44(43)46-38-24-9-13-28-42(38)54-49(46)48(45)53/h1-29H. The van der Waals surface area contributed by atoms with Crippen LogP contribution in [0.1, 0.15) is 0 Å². The van der Waals surface area contributed by atoms with E-state index >= 15 is 0 Å². The molecule has 0 aliphatic carbocycles. The lowest BCUT2D eigenvalue weighted by Crippen LogP contribution is -2.04. The Morgan fingerprint density at radius 1 is 0.389 bits per heavy atom. The second-order valence-corrected chi connectivity index (χ2v) is 15.1. The number of rotatable bonds is 3. The van der Waals surface area contributed by atoms with Gasteiger partial charge in [0.25, 0.3) is 0 Å². The number of benzene rings is 9. The lowest BCUT2D eigenvalue weighted by atomic mass is 9.89. The van der Waals surface area contributed by atoms with Crippen molar-refractivity contribution in [3.05, 3.63) is 176 Å². The first kappa shape index (κ1) is 29.7. The number of nitrogens with zero attached hydrogens (tertiary/aromatic N) is 3. The van der Waals surface area contributed by atoms with Gasteiger partial charge in [0, 0.05) is 42.6 Å². The number of hydrogen-bond donors (Lipinski definition) is 0. The van der Waals surface area contributed by atoms with Crippen molar-refractivity contribution in [1.82, 2.24) is 14.5 Å². The van der Waals surface area contributed by atoms with Gasteiger partial charge >= 0.3 is 0 Å². The Bertz CT molecular complexity index is 3500. The van der Waals surface area contributed by atoms with Crippen LogP contribution in [0.5, 0.6) is 0 Å². The van der Waals surface area contributed by atoms with Gasteiger partial charge in [-0.25, -0.2) is 9.97 Å². The van der Waals surface area contributed by atoms with E-state index in [2.05, 4.69) is 174 Å². The molecule has 0 amide bonds. The molecule has 0 bridgehead atoms. The third kappa shape index (κ3) is 4.11. The first-order valence-electron chi connectivity index (χ1n) is 18.3. The molecule has 0 saturated carbocycles. The van der Waals surface area contributed by atoms with E-state index in [0.29, 0.717) is 0 Å². The molecule has 0 fully saturated rings. The van der Waals surface area contributed by atoms with Gasteiger partial charge in [0.15, 0.2) is 5.82 Å². The summed E-state index contributed by atoms with van der Waals surface area (Å²) in [6.07, 6.45) is 0. The summed E-state index contributed by atoms with van der Waals surface area (Å²) in [5.41, 5.74) is 8.22. The number of aromatic nitrogens is 3. The molecule has 3 heterocycles. The lowest BCUT2D eigenvalue weighted by molar-refractivity contribution is 1.08. The predicted octanol–water partition coefficient (Wildman–Crippen LogP) is 13.9. The second-order valence-electron chi connectivity index (χ2n) is 14.1. The van der Waals surface area contributed by atoms with Crippen molar-refractivity contribution in [2.75, 3.05) is 0 Å². The number of fused-ring (bicyclic) bond motifs is 16. The van der Waals surface area contributed by atoms with Crippen molar-refractivity contribution in [3.63, 3.8) is 0 Å². The fraction of sp³-hybridized carbons (Fsp3) is 0. The Morgan fingerprint density at radius 2 is 0.944 bits per heavy atom. The third-order valence-electron chi connectivity index (χ3n) is 11.1. The van der Waals surface area contributed by atoms with Gasteiger partial charge in [0.1, 0.15) is 5.69 Å². The summed E-state index contributed by atoms with van der Waals surface area (Å²) in [7, 11) is 0. The van der Waals surface area contributed by atoms with Crippen LogP contribution in [0.25, 0.3) is 114 Å². The highest BCUT2D eigenvalue weighted by Gasteiger charge is 2.27. The average molecular weight is 704 g/mol. The molecule has 4 heteroatoms. The molecule has 3 aromatic heterocycles. The molecule has 0 saturated heterocycles. The van der Waals surface area contributed by atoms with Crippen molar-refractivity contribution in [2.24, 2.45) is 0 Å². The van der Waals surface area contributed by atoms with E-state index in [1.165, 1.54) is 74.3 Å². The minimum absolute atomic E-state index is 0.827. The molecule has 0 N–H and O–H groups in total. The van der Waals surface area contributed by atoms with E-state index in [9.17, 15) is 0 Å². The highest BCUT2D eigenvalue weighted by Crippen LogP contribution is 2.52. The zero-order valence-electron chi connectivity index (χ0n) is 29.0. The molecular formula is C50H29N3S. The summed E-state index contributed by atoms with van der Waals surface area (Å²) in [5.74, 6) is 0.827. The minimum atomic E-state index is 0.827. The molecule has 0 aliphatic heterocycles. The summed E-state index contributed by atoms with van der Waals surface area (Å²) >= 11 is 1.88. The van der Waals surface area contributed by atoms with Crippen LogP contribution in [-0.2, 0) is 0 Å². The first-order chi connectivity index (χ1) is 26.8. The van der Waals surface area contributed by atoms with Gasteiger partial charge in [-0.2, -0.15) is 0 Å². The van der Waals surface area contributed by atoms with Gasteiger partial charge in [0.05, 0.1) is 26.8 Å². The lowest BCUT2D eigenvalue weighted by Gasteiger charge is -2.16. The summed E-state index contributed by atoms with van der Waals surface area (Å²) in [6, 6.07) is 63.2. The fourth-order valence-electron chi connectivity index (χ4n) is 8.87. The van der Waals surface area contributed by atoms with Crippen molar-refractivity contribution < 1.29 is 0 Å². The molecule has 0 aliphatic rings. The average Bonchev–Trinajstić information content (AvgIpc) is 3.80. The van der Waals surface area contributed by atoms with Gasteiger partial charge in [-0.05, 0) is 63.0 Å². The highest BCUT2D eigenvalue weighted by molar-refractivity contribution is 7.27. The maximum Gasteiger partial charge on any atom is 0.165 e. The Labute approximate surface area is 314 Å². The molecule has 0 spiro atoms. The van der Waals surface area contributed by atoms with Crippen LogP contribution in [0, 0.1) is 0 Å². The Morgan fingerprint density at radius 3 is 1.70 bits per heavy atom. The van der Waals surface area contributed by atoms with Crippen LogP contribution in [0.2, 0.25) is 0 Å². The first-order valence-corrected chi connectivity index (χ1v) is 19.2. The zero-order valence-corrected chi connectivity index (χ0v) is 29.8. The van der Waals surface area contributed by atoms with Crippen molar-refractivity contribution in [3.8, 4) is 28.2 Å². The molecule has 0 radical (unpaired) electrons. The van der Waals surface area contributed by atoms with Gasteiger partial charge in [-0.3, -0.25) is 4.57 Å². The summed E-state index contributed by atoms with van der Waals surface area (Å²) in [5, 5.41) is 12.7. The molecular weight excluding hydrogens is 675 g/mol. The maximum atomic E-state index is 5.55. The van der Waals surface area contributed by atoms with Gasteiger partial charge in [-0.1, -0.05) is 146 Å². The van der Waals surface area contributed by atoms with Gasteiger partial charge in [-0.15, -0.1) is 11.3 Å². The van der Waals surface area contributed by atoms with Gasteiger partial charge in [0.2, 0.25) is 0 Å². The van der Waals surface area contributed by atoms with E-state index in [0.717, 1.165) is 39.2 Å². The second kappa shape index (κ2) is 11.3. The smallest absolute Gasteiger partial charge is 0.165 e. The van der Waals surface area contributed by atoms with Crippen LogP contribution in [-0.4, -0.2) is 14.5 Å². The topological polar surface area (TPSA) is 30.7 Å². The van der Waals surface area contributed by atoms with E-state index in [4.69, 9.17) is 9.97 Å². The molecule has 0 atom stereocenters. The van der Waals surface area contributed by atoms with Crippen molar-refractivity contribution >= 4 is 96.7 Å². The van der Waals surface area contributed by atoms with Crippen LogP contribution in [0.3, 0.4) is 0 Å². The minimum Gasteiger partial charge on any atom is -0.290 e. The number of thiophene rings is 1. The Balaban J connectivity index is 1.34. The zero-order chi connectivity index (χ0) is 35.3. The van der Waals surface area contributed by atoms with E-state index < -0.39 is 0 Å². The fourth-order valence-corrected chi connectivity index (χ4v) is 10.1. The summed E-state index contributed by atoms with van der Waals surface area (Å²) < 4.78 is 4.96. The molecule has 9 aromatic carbocycles. The van der Waals surface area contributed by atoms with Crippen LogP contribution in [0.4, 0.5) is 0 Å². The quantitative estimate of drug-likeness (QED) is 0.172. The number of hydrogen-bond acceptors (Lipinski definition) is 3. The SMILES string of the molecule is c1ccc(-c2cccc(-c3nc4ccccc4nc3-n3c4ccccc4c4c5c6ccccc6c6ccccc6c5c5c6ccccc6sc5c43)c2)cc1. The predicted molar refractivity (Wildman–Crippen MR) is 230 cm³/mol. The summed E-state index contributed by atoms with van der Waals surface area (Å²) in [6.45, 7) is 0.